The molecule has 0 spiro atoms. The Labute approximate surface area is 278 Å². The van der Waals surface area contributed by atoms with E-state index in [1.54, 1.807) is 0 Å². The molecule has 8 aromatic carbocycles. The maximum absolute atomic E-state index is 5.29. The number of benzene rings is 8. The van der Waals surface area contributed by atoms with E-state index in [1.807, 2.05) is 18.2 Å². The summed E-state index contributed by atoms with van der Waals surface area (Å²) in [7, 11) is 0. The smallest absolute Gasteiger partial charge is 0.165 e. The summed E-state index contributed by atoms with van der Waals surface area (Å²) >= 11 is 0. The van der Waals surface area contributed by atoms with Crippen molar-refractivity contribution >= 4 is 32.3 Å². The predicted molar refractivity (Wildman–Crippen MR) is 200 cm³/mol. The Morgan fingerprint density at radius 1 is 0.271 bits per heavy atom. The number of fused-ring (bicyclic) bond motifs is 4. The average Bonchev–Trinajstić information content (AvgIpc) is 3.17. The van der Waals surface area contributed by atoms with E-state index >= 15 is 0 Å². The molecule has 0 saturated heterocycles. The highest BCUT2D eigenvalue weighted by Gasteiger charge is 2.19. The van der Waals surface area contributed by atoms with Gasteiger partial charge in [0.1, 0.15) is 0 Å². The average molecular weight is 612 g/mol. The van der Waals surface area contributed by atoms with Gasteiger partial charge < -0.3 is 0 Å². The number of hydrogen-bond donors (Lipinski definition) is 0. The molecule has 0 aliphatic carbocycles. The molecule has 1 aromatic heterocycles. The largest absolute Gasteiger partial charge is 0.208 e. The Morgan fingerprint density at radius 3 is 1.52 bits per heavy atom. The molecule has 48 heavy (non-hydrogen) atoms. The van der Waals surface area contributed by atoms with Crippen LogP contribution in [0.25, 0.3) is 88.7 Å². The summed E-state index contributed by atoms with van der Waals surface area (Å²) in [6.07, 6.45) is 0. The molecule has 0 fully saturated rings. The van der Waals surface area contributed by atoms with E-state index in [0.717, 1.165) is 49.5 Å². The van der Waals surface area contributed by atoms with Gasteiger partial charge in [-0.3, -0.25) is 0 Å². The van der Waals surface area contributed by atoms with Gasteiger partial charge in [-0.05, 0) is 66.7 Å². The van der Waals surface area contributed by atoms with E-state index in [9.17, 15) is 0 Å². The SMILES string of the molecule is c1ccc(-c2nc(-c3ccc(-c4ccccc4)c(-c4ccccc4)c3)nc(-c3c4ccccc4cc4c3ccc3ccccc34)n2)cc1. The molecule has 9 aromatic rings. The van der Waals surface area contributed by atoms with E-state index in [-0.39, 0.29) is 0 Å². The molecule has 0 N–H and O–H groups in total. The van der Waals surface area contributed by atoms with Gasteiger partial charge in [0.25, 0.3) is 0 Å². The van der Waals surface area contributed by atoms with Gasteiger partial charge >= 0.3 is 0 Å². The molecule has 0 aliphatic rings. The van der Waals surface area contributed by atoms with Crippen LogP contribution in [-0.4, -0.2) is 15.0 Å². The molecule has 0 radical (unpaired) electrons. The van der Waals surface area contributed by atoms with Crippen molar-refractivity contribution in [1.29, 1.82) is 0 Å². The summed E-state index contributed by atoms with van der Waals surface area (Å²) in [4.78, 5) is 15.6. The minimum Gasteiger partial charge on any atom is -0.208 e. The quantitative estimate of drug-likeness (QED) is 0.144. The molecule has 224 valence electrons. The minimum atomic E-state index is 0.637. The maximum atomic E-state index is 5.29. The first-order chi connectivity index (χ1) is 23.8. The Balaban J connectivity index is 1.34. The third-order valence-electron chi connectivity index (χ3n) is 9.11. The van der Waals surface area contributed by atoms with Crippen molar-refractivity contribution in [3.8, 4) is 56.4 Å². The molecule has 9 rings (SSSR count). The summed E-state index contributed by atoms with van der Waals surface area (Å²) in [5.41, 5.74) is 7.49. The zero-order chi connectivity index (χ0) is 31.9. The van der Waals surface area contributed by atoms with Crippen LogP contribution < -0.4 is 0 Å². The molecule has 3 heteroatoms. The number of nitrogens with zero attached hydrogens (tertiary/aromatic N) is 3. The fraction of sp³-hybridized carbons (Fsp3) is 0. The van der Waals surface area contributed by atoms with E-state index in [4.69, 9.17) is 15.0 Å². The van der Waals surface area contributed by atoms with Crippen LogP contribution in [0.3, 0.4) is 0 Å². The van der Waals surface area contributed by atoms with Gasteiger partial charge in [-0.15, -0.1) is 0 Å². The first kappa shape index (κ1) is 27.8. The van der Waals surface area contributed by atoms with Crippen LogP contribution in [-0.2, 0) is 0 Å². The van der Waals surface area contributed by atoms with E-state index in [1.165, 1.54) is 21.7 Å². The first-order valence-corrected chi connectivity index (χ1v) is 16.2. The summed E-state index contributed by atoms with van der Waals surface area (Å²) in [6.45, 7) is 0. The number of rotatable bonds is 5. The van der Waals surface area contributed by atoms with Crippen molar-refractivity contribution in [2.75, 3.05) is 0 Å². The van der Waals surface area contributed by atoms with Gasteiger partial charge in [-0.1, -0.05) is 164 Å². The Hall–Kier alpha value is -6.45. The summed E-state index contributed by atoms with van der Waals surface area (Å²) in [5, 5.41) is 6.98. The topological polar surface area (TPSA) is 38.7 Å². The van der Waals surface area contributed by atoms with Crippen molar-refractivity contribution in [2.24, 2.45) is 0 Å². The van der Waals surface area contributed by atoms with Crippen LogP contribution >= 0.6 is 0 Å². The van der Waals surface area contributed by atoms with Crippen molar-refractivity contribution in [3.05, 3.63) is 176 Å². The summed E-state index contributed by atoms with van der Waals surface area (Å²) in [6, 6.07) is 61.6. The molecule has 1 heterocycles. The third-order valence-corrected chi connectivity index (χ3v) is 9.11. The van der Waals surface area contributed by atoms with Gasteiger partial charge in [0.2, 0.25) is 0 Å². The van der Waals surface area contributed by atoms with Crippen LogP contribution in [0.2, 0.25) is 0 Å². The number of aromatic nitrogens is 3. The Morgan fingerprint density at radius 2 is 0.812 bits per heavy atom. The van der Waals surface area contributed by atoms with Crippen LogP contribution in [0.1, 0.15) is 0 Å². The van der Waals surface area contributed by atoms with Gasteiger partial charge in [-0.25, -0.2) is 15.0 Å². The van der Waals surface area contributed by atoms with Crippen molar-refractivity contribution in [3.63, 3.8) is 0 Å². The van der Waals surface area contributed by atoms with E-state index < -0.39 is 0 Å². The molecular formula is C45H29N3. The molecule has 0 atom stereocenters. The highest BCUT2D eigenvalue weighted by atomic mass is 15.0. The van der Waals surface area contributed by atoms with Crippen molar-refractivity contribution < 1.29 is 0 Å². The zero-order valence-electron chi connectivity index (χ0n) is 26.1. The second kappa shape index (κ2) is 11.7. The second-order valence-electron chi connectivity index (χ2n) is 12.0. The zero-order valence-corrected chi connectivity index (χ0v) is 26.1. The van der Waals surface area contributed by atoms with Crippen LogP contribution in [0.5, 0.6) is 0 Å². The van der Waals surface area contributed by atoms with Gasteiger partial charge in [0.05, 0.1) is 0 Å². The van der Waals surface area contributed by atoms with Gasteiger partial charge in [0.15, 0.2) is 17.5 Å². The Kier molecular flexibility index (Phi) is 6.80. The molecule has 0 amide bonds. The number of hydrogen-bond acceptors (Lipinski definition) is 3. The lowest BCUT2D eigenvalue weighted by atomic mass is 9.92. The van der Waals surface area contributed by atoms with Gasteiger partial charge in [-0.2, -0.15) is 0 Å². The van der Waals surface area contributed by atoms with Gasteiger partial charge in [0, 0.05) is 16.7 Å². The molecule has 0 bridgehead atoms. The second-order valence-corrected chi connectivity index (χ2v) is 12.0. The molecule has 0 aliphatic heterocycles. The maximum Gasteiger partial charge on any atom is 0.165 e. The molecule has 0 unspecified atom stereocenters. The fourth-order valence-corrected chi connectivity index (χ4v) is 6.80. The highest BCUT2D eigenvalue weighted by Crippen LogP contribution is 2.40. The van der Waals surface area contributed by atoms with Crippen LogP contribution in [0.15, 0.2) is 176 Å². The summed E-state index contributed by atoms with van der Waals surface area (Å²) in [5.74, 6) is 1.94. The lowest BCUT2D eigenvalue weighted by Gasteiger charge is -2.16. The van der Waals surface area contributed by atoms with E-state index in [0.29, 0.717) is 17.5 Å². The summed E-state index contributed by atoms with van der Waals surface area (Å²) < 4.78 is 0. The lowest BCUT2D eigenvalue weighted by molar-refractivity contribution is 1.08. The molecule has 3 nitrogen and oxygen atoms in total. The normalized spacial score (nSPS) is 11.3. The van der Waals surface area contributed by atoms with Crippen LogP contribution in [0.4, 0.5) is 0 Å². The molecular weight excluding hydrogens is 583 g/mol. The molecule has 0 saturated carbocycles. The monoisotopic (exact) mass is 611 g/mol. The standard InChI is InChI=1S/C45H29N3/c1-4-14-30(15-5-1)37-26-25-35(29-40(37)31-16-6-2-7-17-31)44-46-43(33-19-8-3-9-20-33)47-45(48-44)42-38-23-13-11-21-34(38)28-41-36-22-12-10-18-32(36)24-27-39(41)42/h1-29H. The third kappa shape index (κ3) is 4.90. The van der Waals surface area contributed by atoms with Crippen LogP contribution in [0, 0.1) is 0 Å². The van der Waals surface area contributed by atoms with E-state index in [2.05, 4.69) is 158 Å². The fourth-order valence-electron chi connectivity index (χ4n) is 6.80. The lowest BCUT2D eigenvalue weighted by Crippen LogP contribution is -2.01. The minimum absolute atomic E-state index is 0.637. The predicted octanol–water partition coefficient (Wildman–Crippen LogP) is 11.7. The van der Waals surface area contributed by atoms with Crippen molar-refractivity contribution in [1.82, 2.24) is 15.0 Å². The van der Waals surface area contributed by atoms with Crippen molar-refractivity contribution in [2.45, 2.75) is 0 Å². The Bertz CT molecular complexity index is 2600. The highest BCUT2D eigenvalue weighted by molar-refractivity contribution is 6.19. The first-order valence-electron chi connectivity index (χ1n) is 16.2.